The first-order valence-electron chi connectivity index (χ1n) is 5.72. The number of rotatable bonds is 3. The van der Waals surface area contributed by atoms with Gasteiger partial charge >= 0.3 is 0 Å². The number of pyridine rings is 2. The molecule has 18 heavy (non-hydrogen) atoms. The monoisotopic (exact) mass is 244 g/mol. The molecule has 0 aliphatic heterocycles. The van der Waals surface area contributed by atoms with Gasteiger partial charge in [0.05, 0.1) is 0 Å². The number of hydrogen-bond donors (Lipinski definition) is 2. The highest BCUT2D eigenvalue weighted by Gasteiger charge is 2.44. The van der Waals surface area contributed by atoms with E-state index in [9.17, 15) is 10.2 Å². The fraction of sp³-hybridized carbons (Fsp3) is 0.286. The fourth-order valence-electron chi connectivity index (χ4n) is 1.86. The molecule has 2 aromatic heterocycles. The standard InChI is InChI=1S/C14H16N2O2/c1-13(17,11-5-3-7-15-9-11)14(2,18)12-6-4-8-16-10-12/h3-10,17-18H,1-2H3/t13-,14+. The minimum absolute atomic E-state index is 0.554. The van der Waals surface area contributed by atoms with E-state index in [1.165, 1.54) is 0 Å². The van der Waals surface area contributed by atoms with Gasteiger partial charge in [-0.05, 0) is 26.0 Å². The molecule has 0 aromatic carbocycles. The van der Waals surface area contributed by atoms with E-state index in [4.69, 9.17) is 0 Å². The summed E-state index contributed by atoms with van der Waals surface area (Å²) in [6.45, 7) is 3.13. The maximum absolute atomic E-state index is 10.6. The molecule has 0 aliphatic carbocycles. The van der Waals surface area contributed by atoms with E-state index in [2.05, 4.69) is 9.97 Å². The second kappa shape index (κ2) is 4.48. The van der Waals surface area contributed by atoms with Crippen molar-refractivity contribution in [2.45, 2.75) is 25.0 Å². The molecule has 2 atom stereocenters. The molecule has 0 aliphatic rings. The number of nitrogens with zero attached hydrogens (tertiary/aromatic N) is 2. The summed E-state index contributed by atoms with van der Waals surface area (Å²) >= 11 is 0. The summed E-state index contributed by atoms with van der Waals surface area (Å²) in [5, 5.41) is 21.3. The van der Waals surface area contributed by atoms with Crippen LogP contribution in [0.2, 0.25) is 0 Å². The highest BCUT2D eigenvalue weighted by molar-refractivity contribution is 5.29. The van der Waals surface area contributed by atoms with Gasteiger partial charge in [0, 0.05) is 35.9 Å². The summed E-state index contributed by atoms with van der Waals surface area (Å²) in [5.41, 5.74) is -1.80. The molecule has 2 aromatic rings. The van der Waals surface area contributed by atoms with Crippen LogP contribution < -0.4 is 0 Å². The van der Waals surface area contributed by atoms with E-state index in [1.54, 1.807) is 62.9 Å². The van der Waals surface area contributed by atoms with Crippen LogP contribution in [0.25, 0.3) is 0 Å². The molecule has 0 fully saturated rings. The topological polar surface area (TPSA) is 66.2 Å². The molecule has 0 saturated heterocycles. The van der Waals surface area contributed by atoms with E-state index in [0.717, 1.165) is 0 Å². The van der Waals surface area contributed by atoms with Crippen molar-refractivity contribution in [3.8, 4) is 0 Å². The molecule has 0 amide bonds. The first-order valence-corrected chi connectivity index (χ1v) is 5.72. The van der Waals surface area contributed by atoms with E-state index < -0.39 is 11.2 Å². The number of aliphatic hydroxyl groups is 2. The predicted molar refractivity (Wildman–Crippen MR) is 67.6 cm³/mol. The first-order chi connectivity index (χ1) is 8.46. The van der Waals surface area contributed by atoms with E-state index >= 15 is 0 Å². The smallest absolute Gasteiger partial charge is 0.121 e. The quantitative estimate of drug-likeness (QED) is 0.860. The number of aromatic nitrogens is 2. The number of hydrogen-bond acceptors (Lipinski definition) is 4. The zero-order valence-electron chi connectivity index (χ0n) is 10.4. The molecule has 2 heterocycles. The predicted octanol–water partition coefficient (Wildman–Crippen LogP) is 1.59. The average Bonchev–Trinajstić information content (AvgIpc) is 2.40. The SMILES string of the molecule is C[C@](O)(c1cccnc1)[C@](C)(O)c1cccnc1. The van der Waals surface area contributed by atoms with Crippen LogP contribution in [0, 0.1) is 0 Å². The van der Waals surface area contributed by atoms with Crippen molar-refractivity contribution in [1.82, 2.24) is 9.97 Å². The van der Waals surface area contributed by atoms with Crippen LogP contribution in [0.15, 0.2) is 49.1 Å². The summed E-state index contributed by atoms with van der Waals surface area (Å²) in [7, 11) is 0. The summed E-state index contributed by atoms with van der Waals surface area (Å²) in [5.74, 6) is 0. The van der Waals surface area contributed by atoms with Crippen molar-refractivity contribution < 1.29 is 10.2 Å². The van der Waals surface area contributed by atoms with Gasteiger partial charge in [0.15, 0.2) is 0 Å². The van der Waals surface area contributed by atoms with E-state index in [1.807, 2.05) is 0 Å². The maximum Gasteiger partial charge on any atom is 0.121 e. The lowest BCUT2D eigenvalue weighted by molar-refractivity contribution is -0.143. The van der Waals surface area contributed by atoms with Gasteiger partial charge in [0.1, 0.15) is 11.2 Å². The summed E-state index contributed by atoms with van der Waals surface area (Å²) < 4.78 is 0. The third kappa shape index (κ3) is 2.00. The van der Waals surface area contributed by atoms with Gasteiger partial charge in [0.25, 0.3) is 0 Å². The minimum atomic E-state index is -1.45. The lowest BCUT2D eigenvalue weighted by atomic mass is 9.77. The normalized spacial score (nSPS) is 17.8. The molecule has 94 valence electrons. The molecule has 0 saturated carbocycles. The van der Waals surface area contributed by atoms with Crippen molar-refractivity contribution in [3.63, 3.8) is 0 Å². The van der Waals surface area contributed by atoms with Gasteiger partial charge in [-0.2, -0.15) is 0 Å². The molecular formula is C14H16N2O2. The van der Waals surface area contributed by atoms with Gasteiger partial charge in [-0.25, -0.2) is 0 Å². The van der Waals surface area contributed by atoms with Crippen molar-refractivity contribution >= 4 is 0 Å². The van der Waals surface area contributed by atoms with Gasteiger partial charge in [0.2, 0.25) is 0 Å². The molecule has 0 spiro atoms. The summed E-state index contributed by atoms with van der Waals surface area (Å²) in [4.78, 5) is 7.94. The Morgan fingerprint density at radius 1 is 0.833 bits per heavy atom. The summed E-state index contributed by atoms with van der Waals surface area (Å²) in [6, 6.07) is 6.92. The Balaban J connectivity index is 2.47. The van der Waals surface area contributed by atoms with E-state index in [-0.39, 0.29) is 0 Å². The van der Waals surface area contributed by atoms with Crippen LogP contribution in [0.4, 0.5) is 0 Å². The van der Waals surface area contributed by atoms with Crippen LogP contribution in [0.5, 0.6) is 0 Å². The molecule has 4 heteroatoms. The second-order valence-corrected chi connectivity index (χ2v) is 4.63. The Morgan fingerprint density at radius 2 is 1.22 bits per heavy atom. The lowest BCUT2D eigenvalue weighted by Gasteiger charge is -2.38. The Hall–Kier alpha value is -1.78. The Kier molecular flexibility index (Phi) is 3.15. The van der Waals surface area contributed by atoms with Crippen molar-refractivity contribution in [2.24, 2.45) is 0 Å². The van der Waals surface area contributed by atoms with Gasteiger partial charge in [-0.3, -0.25) is 9.97 Å². The van der Waals surface area contributed by atoms with Gasteiger partial charge in [-0.1, -0.05) is 12.1 Å². The molecule has 2 rings (SSSR count). The largest absolute Gasteiger partial charge is 0.382 e. The highest BCUT2D eigenvalue weighted by atomic mass is 16.4. The Morgan fingerprint density at radius 3 is 1.50 bits per heavy atom. The van der Waals surface area contributed by atoms with Crippen molar-refractivity contribution in [3.05, 3.63) is 60.2 Å². The first kappa shape index (κ1) is 12.7. The van der Waals surface area contributed by atoms with Crippen LogP contribution in [0.3, 0.4) is 0 Å². The van der Waals surface area contributed by atoms with E-state index in [0.29, 0.717) is 11.1 Å². The van der Waals surface area contributed by atoms with Crippen molar-refractivity contribution in [2.75, 3.05) is 0 Å². The van der Waals surface area contributed by atoms with Gasteiger partial charge < -0.3 is 10.2 Å². The molecule has 2 N–H and O–H groups in total. The van der Waals surface area contributed by atoms with Gasteiger partial charge in [-0.15, -0.1) is 0 Å². The average molecular weight is 244 g/mol. The molecule has 0 bridgehead atoms. The molecule has 0 unspecified atom stereocenters. The van der Waals surface area contributed by atoms with Crippen LogP contribution in [-0.2, 0) is 11.2 Å². The summed E-state index contributed by atoms with van der Waals surface area (Å²) in [6.07, 6.45) is 6.34. The second-order valence-electron chi connectivity index (χ2n) is 4.63. The third-order valence-electron chi connectivity index (χ3n) is 3.40. The zero-order valence-corrected chi connectivity index (χ0v) is 10.4. The third-order valence-corrected chi connectivity index (χ3v) is 3.40. The van der Waals surface area contributed by atoms with Crippen LogP contribution >= 0.6 is 0 Å². The molecular weight excluding hydrogens is 228 g/mol. The zero-order chi connectivity index (χ0) is 13.2. The Labute approximate surface area is 106 Å². The minimum Gasteiger partial charge on any atom is -0.382 e. The van der Waals surface area contributed by atoms with Crippen LogP contribution in [0.1, 0.15) is 25.0 Å². The molecule has 0 radical (unpaired) electrons. The molecule has 4 nitrogen and oxygen atoms in total. The van der Waals surface area contributed by atoms with Crippen LogP contribution in [-0.4, -0.2) is 20.2 Å². The van der Waals surface area contributed by atoms with Crippen molar-refractivity contribution in [1.29, 1.82) is 0 Å². The highest BCUT2D eigenvalue weighted by Crippen LogP contribution is 2.39. The maximum atomic E-state index is 10.6. The fourth-order valence-corrected chi connectivity index (χ4v) is 1.86. The Bertz CT molecular complexity index is 460. The lowest BCUT2D eigenvalue weighted by Crippen LogP contribution is -2.45.